The van der Waals surface area contributed by atoms with Crippen LogP contribution in [0.2, 0.25) is 0 Å². The predicted octanol–water partition coefficient (Wildman–Crippen LogP) is 2.17. The van der Waals surface area contributed by atoms with Crippen LogP contribution in [-0.4, -0.2) is 49.1 Å². The minimum Gasteiger partial charge on any atom is -0.378 e. The molecule has 1 aromatic rings. The summed E-state index contributed by atoms with van der Waals surface area (Å²) in [6.45, 7) is 8.30. The highest BCUT2D eigenvalue weighted by Gasteiger charge is 2.62. The van der Waals surface area contributed by atoms with Crippen LogP contribution in [-0.2, 0) is 9.53 Å². The fourth-order valence-electron chi connectivity index (χ4n) is 3.23. The Kier molecular flexibility index (Phi) is 5.25. The number of amides is 2. The van der Waals surface area contributed by atoms with E-state index in [1.54, 1.807) is 26.2 Å². The molecule has 3 N–H and O–H groups in total. The first kappa shape index (κ1) is 19.4. The molecule has 6 heteroatoms. The number of nitrogens with one attached hydrogen (secondary N) is 1. The van der Waals surface area contributed by atoms with Crippen molar-refractivity contribution in [2.45, 2.75) is 45.8 Å². The molecule has 0 spiro atoms. The Morgan fingerprint density at radius 3 is 2.52 bits per heavy atom. The first-order chi connectivity index (χ1) is 11.5. The zero-order valence-corrected chi connectivity index (χ0v) is 16.0. The average molecular weight is 347 g/mol. The van der Waals surface area contributed by atoms with Gasteiger partial charge in [-0.2, -0.15) is 0 Å². The van der Waals surface area contributed by atoms with Gasteiger partial charge in [-0.05, 0) is 31.5 Å². The summed E-state index contributed by atoms with van der Waals surface area (Å²) in [5.41, 5.74) is 6.94. The van der Waals surface area contributed by atoms with E-state index in [4.69, 9.17) is 10.5 Å². The highest BCUT2D eigenvalue weighted by Crippen LogP contribution is 2.50. The minimum absolute atomic E-state index is 0.0304. The Balaban J connectivity index is 2.19. The van der Waals surface area contributed by atoms with Crippen LogP contribution in [0.4, 0.5) is 5.69 Å². The van der Waals surface area contributed by atoms with Crippen molar-refractivity contribution in [1.82, 2.24) is 4.90 Å². The van der Waals surface area contributed by atoms with Crippen LogP contribution in [0.15, 0.2) is 18.2 Å². The number of ether oxygens (including phenoxy) is 1. The number of rotatable bonds is 5. The van der Waals surface area contributed by atoms with Crippen LogP contribution in [0.1, 0.15) is 43.1 Å². The van der Waals surface area contributed by atoms with Crippen molar-refractivity contribution in [2.75, 3.05) is 26.0 Å². The van der Waals surface area contributed by atoms with Crippen LogP contribution in [0.25, 0.3) is 0 Å². The number of aryl methyl sites for hydroxylation is 1. The molecule has 138 valence electrons. The van der Waals surface area contributed by atoms with Crippen LogP contribution < -0.4 is 11.1 Å². The first-order valence-corrected chi connectivity index (χ1v) is 8.58. The molecule has 1 aliphatic carbocycles. The Morgan fingerprint density at radius 2 is 2.00 bits per heavy atom. The van der Waals surface area contributed by atoms with Gasteiger partial charge in [-0.1, -0.05) is 19.9 Å². The lowest BCUT2D eigenvalue weighted by atomic mass is 9.54. The fourth-order valence-corrected chi connectivity index (χ4v) is 3.23. The Morgan fingerprint density at radius 1 is 1.36 bits per heavy atom. The molecule has 0 saturated heterocycles. The Hall–Kier alpha value is -1.92. The molecule has 2 amide bonds. The molecule has 2 unspecified atom stereocenters. The molecular weight excluding hydrogens is 318 g/mol. The minimum atomic E-state index is -0.997. The molecule has 2 atom stereocenters. The van der Waals surface area contributed by atoms with E-state index in [0.29, 0.717) is 24.3 Å². The van der Waals surface area contributed by atoms with Crippen molar-refractivity contribution in [3.8, 4) is 0 Å². The van der Waals surface area contributed by atoms with Crippen molar-refractivity contribution >= 4 is 17.5 Å². The Labute approximate surface area is 149 Å². The van der Waals surface area contributed by atoms with E-state index in [0.717, 1.165) is 5.56 Å². The zero-order chi connectivity index (χ0) is 19.0. The number of carbonyl (C=O) groups excluding carboxylic acids is 2. The molecule has 0 bridgehead atoms. The number of nitrogens with zero attached hydrogens (tertiary/aromatic N) is 1. The summed E-state index contributed by atoms with van der Waals surface area (Å²) in [7, 11) is 3.40. The van der Waals surface area contributed by atoms with Crippen LogP contribution in [0.3, 0.4) is 0 Å². The maximum absolute atomic E-state index is 12.8. The van der Waals surface area contributed by atoms with E-state index >= 15 is 0 Å². The maximum atomic E-state index is 12.8. The topological polar surface area (TPSA) is 84.7 Å². The highest BCUT2D eigenvalue weighted by molar-refractivity contribution is 6.01. The van der Waals surface area contributed by atoms with E-state index in [1.807, 2.05) is 33.8 Å². The van der Waals surface area contributed by atoms with Gasteiger partial charge in [0.15, 0.2) is 0 Å². The largest absolute Gasteiger partial charge is 0.378 e. The third-order valence-corrected chi connectivity index (χ3v) is 5.37. The van der Waals surface area contributed by atoms with Gasteiger partial charge in [-0.25, -0.2) is 0 Å². The monoisotopic (exact) mass is 347 g/mol. The molecule has 2 rings (SSSR count). The maximum Gasteiger partial charge on any atom is 0.253 e. The van der Waals surface area contributed by atoms with Gasteiger partial charge >= 0.3 is 0 Å². The predicted molar refractivity (Wildman–Crippen MR) is 98.6 cm³/mol. The number of benzene rings is 1. The number of nitrogens with two attached hydrogens (primary N) is 1. The van der Waals surface area contributed by atoms with Crippen molar-refractivity contribution in [3.63, 3.8) is 0 Å². The van der Waals surface area contributed by atoms with Crippen molar-refractivity contribution in [3.05, 3.63) is 29.3 Å². The number of hydrogen-bond donors (Lipinski definition) is 2. The van der Waals surface area contributed by atoms with Crippen LogP contribution >= 0.6 is 0 Å². The van der Waals surface area contributed by atoms with Gasteiger partial charge in [-0.3, -0.25) is 9.59 Å². The zero-order valence-electron chi connectivity index (χ0n) is 16.0. The van der Waals surface area contributed by atoms with Gasteiger partial charge in [0.2, 0.25) is 5.91 Å². The highest BCUT2D eigenvalue weighted by atomic mass is 16.5. The van der Waals surface area contributed by atoms with Gasteiger partial charge in [0.05, 0.1) is 6.10 Å². The molecule has 0 heterocycles. The molecule has 0 radical (unpaired) electrons. The van der Waals surface area contributed by atoms with Gasteiger partial charge in [-0.15, -0.1) is 0 Å². The summed E-state index contributed by atoms with van der Waals surface area (Å²) < 4.78 is 5.67. The SMILES string of the molecule is CCOC1CC(N)(C(=O)Nc2ccc(C)c(C(=O)N(C)C)c2)C1(C)C. The summed E-state index contributed by atoms with van der Waals surface area (Å²) in [5.74, 6) is -0.350. The van der Waals surface area contributed by atoms with Gasteiger partial charge in [0.1, 0.15) is 5.54 Å². The van der Waals surface area contributed by atoms with Crippen LogP contribution in [0, 0.1) is 12.3 Å². The molecule has 0 aromatic heterocycles. The summed E-state index contributed by atoms with van der Waals surface area (Å²) in [6, 6.07) is 5.31. The van der Waals surface area contributed by atoms with E-state index in [9.17, 15) is 9.59 Å². The molecular formula is C19H29N3O3. The van der Waals surface area contributed by atoms with Gasteiger partial charge in [0.25, 0.3) is 5.91 Å². The first-order valence-electron chi connectivity index (χ1n) is 8.58. The normalized spacial score (nSPS) is 24.4. The molecule has 1 aliphatic rings. The van der Waals surface area contributed by atoms with Crippen LogP contribution in [0.5, 0.6) is 0 Å². The summed E-state index contributed by atoms with van der Waals surface area (Å²) in [5, 5.41) is 2.87. The molecule has 25 heavy (non-hydrogen) atoms. The van der Waals surface area contributed by atoms with Gasteiger partial charge in [0, 0.05) is 43.8 Å². The lowest BCUT2D eigenvalue weighted by Crippen LogP contribution is -2.74. The molecule has 0 aliphatic heterocycles. The van der Waals surface area contributed by atoms with E-state index in [1.165, 1.54) is 4.90 Å². The third-order valence-electron chi connectivity index (χ3n) is 5.37. The number of anilines is 1. The molecule has 6 nitrogen and oxygen atoms in total. The Bertz CT molecular complexity index is 684. The number of carbonyl (C=O) groups is 2. The van der Waals surface area contributed by atoms with E-state index in [-0.39, 0.29) is 17.9 Å². The lowest BCUT2D eigenvalue weighted by Gasteiger charge is -2.57. The second-order valence-corrected chi connectivity index (χ2v) is 7.52. The van der Waals surface area contributed by atoms with Crippen molar-refractivity contribution in [2.24, 2.45) is 11.1 Å². The third kappa shape index (κ3) is 3.28. The average Bonchev–Trinajstić information content (AvgIpc) is 2.55. The molecule has 1 fully saturated rings. The standard InChI is InChI=1S/C19H29N3O3/c1-7-25-15-11-19(20,18(15,3)4)17(24)21-13-9-8-12(2)14(10-13)16(23)22(5)6/h8-10,15H,7,11,20H2,1-6H3,(H,21,24). The van der Waals surface area contributed by atoms with Gasteiger partial charge < -0.3 is 20.7 Å². The second kappa shape index (κ2) is 6.77. The van der Waals surface area contributed by atoms with E-state index in [2.05, 4.69) is 5.32 Å². The molecule has 1 saturated carbocycles. The lowest BCUT2D eigenvalue weighted by molar-refractivity contribution is -0.166. The summed E-state index contributed by atoms with van der Waals surface area (Å²) in [6.07, 6.45) is 0.451. The van der Waals surface area contributed by atoms with Crippen molar-refractivity contribution in [1.29, 1.82) is 0 Å². The summed E-state index contributed by atoms with van der Waals surface area (Å²) in [4.78, 5) is 26.6. The quantitative estimate of drug-likeness (QED) is 0.855. The van der Waals surface area contributed by atoms with Crippen molar-refractivity contribution < 1.29 is 14.3 Å². The second-order valence-electron chi connectivity index (χ2n) is 7.52. The van der Waals surface area contributed by atoms with E-state index < -0.39 is 11.0 Å². The number of hydrogen-bond acceptors (Lipinski definition) is 4. The summed E-state index contributed by atoms with van der Waals surface area (Å²) >= 11 is 0. The fraction of sp³-hybridized carbons (Fsp3) is 0.579. The smallest absolute Gasteiger partial charge is 0.253 e. The molecule has 1 aromatic carbocycles.